The molecule has 0 aliphatic carbocycles. The third kappa shape index (κ3) is 4.48. The van der Waals surface area contributed by atoms with Gasteiger partial charge in [0, 0.05) is 17.5 Å². The van der Waals surface area contributed by atoms with Gasteiger partial charge >= 0.3 is 11.9 Å². The van der Waals surface area contributed by atoms with Crippen LogP contribution in [0.25, 0.3) is 0 Å². The smallest absolute Gasteiger partial charge is 0.355 e. The Hall–Kier alpha value is -2.94. The van der Waals surface area contributed by atoms with E-state index in [1.807, 2.05) is 0 Å². The molecule has 28 heavy (non-hydrogen) atoms. The highest BCUT2D eigenvalue weighted by Crippen LogP contribution is 2.20. The summed E-state index contributed by atoms with van der Waals surface area (Å²) in [6.07, 6.45) is 0.980. The summed E-state index contributed by atoms with van der Waals surface area (Å²) in [5.41, 5.74) is 1.09. The van der Waals surface area contributed by atoms with Crippen LogP contribution >= 0.6 is 0 Å². The van der Waals surface area contributed by atoms with Crippen LogP contribution < -0.4 is 0 Å². The molecule has 0 spiro atoms. The number of hydrogen-bond donors (Lipinski definition) is 1. The zero-order chi connectivity index (χ0) is 21.1. The normalized spacial score (nSPS) is 11.1. The Kier molecular flexibility index (Phi) is 6.40. The largest absolute Gasteiger partial charge is 0.461 e. The Bertz CT molecular complexity index is 1030. The summed E-state index contributed by atoms with van der Waals surface area (Å²) in [7, 11) is -3.64. The number of H-pyrrole nitrogens is 1. The maximum absolute atomic E-state index is 12.5. The van der Waals surface area contributed by atoms with Gasteiger partial charge in [-0.2, -0.15) is 0 Å². The third-order valence-electron chi connectivity index (χ3n) is 4.04. The minimum absolute atomic E-state index is 0.146. The van der Waals surface area contributed by atoms with Crippen molar-refractivity contribution >= 4 is 27.6 Å². The predicted octanol–water partition coefficient (Wildman–Crippen LogP) is 2.25. The topological polar surface area (TPSA) is 120 Å². The maximum atomic E-state index is 12.5. The van der Waals surface area contributed by atoms with Crippen molar-refractivity contribution < 1.29 is 32.3 Å². The van der Waals surface area contributed by atoms with Gasteiger partial charge in [-0.05, 0) is 38.5 Å². The molecule has 0 amide bonds. The van der Waals surface area contributed by atoms with Crippen LogP contribution in [-0.2, 0) is 19.3 Å². The zero-order valence-corrected chi connectivity index (χ0v) is 16.8. The highest BCUT2D eigenvalue weighted by Gasteiger charge is 2.25. The van der Waals surface area contributed by atoms with Crippen LogP contribution in [0.4, 0.5) is 0 Å². The van der Waals surface area contributed by atoms with E-state index in [0.717, 1.165) is 6.26 Å². The van der Waals surface area contributed by atoms with Crippen molar-refractivity contribution in [2.75, 3.05) is 19.5 Å². The van der Waals surface area contributed by atoms with Gasteiger partial charge in [0.15, 0.2) is 16.4 Å². The van der Waals surface area contributed by atoms with Gasteiger partial charge in [0.1, 0.15) is 5.69 Å². The van der Waals surface area contributed by atoms with E-state index in [1.54, 1.807) is 20.8 Å². The fourth-order valence-corrected chi connectivity index (χ4v) is 3.69. The van der Waals surface area contributed by atoms with Gasteiger partial charge in [0.05, 0.1) is 17.1 Å². The highest BCUT2D eigenvalue weighted by atomic mass is 32.2. The molecule has 2 rings (SSSR count). The van der Waals surface area contributed by atoms with Gasteiger partial charge in [-0.1, -0.05) is 12.1 Å². The molecule has 0 aliphatic rings. The van der Waals surface area contributed by atoms with Crippen LogP contribution in [0.1, 0.15) is 49.4 Å². The van der Waals surface area contributed by atoms with Gasteiger partial charge in [0.25, 0.3) is 0 Å². The van der Waals surface area contributed by atoms with Gasteiger partial charge in [-0.3, -0.25) is 4.79 Å². The second-order valence-corrected chi connectivity index (χ2v) is 8.10. The monoisotopic (exact) mass is 407 g/mol. The number of sulfone groups is 1. The summed E-state index contributed by atoms with van der Waals surface area (Å²) in [6, 6.07) is 5.59. The van der Waals surface area contributed by atoms with Crippen molar-refractivity contribution in [3.63, 3.8) is 0 Å². The molecule has 9 heteroatoms. The average molecular weight is 407 g/mol. The first kappa shape index (κ1) is 21.4. The summed E-state index contributed by atoms with van der Waals surface area (Å²) < 4.78 is 33.6. The lowest BCUT2D eigenvalue weighted by molar-refractivity contribution is 0.0469. The number of carbonyl (C=O) groups is 3. The number of esters is 2. The minimum Gasteiger partial charge on any atom is -0.461 e. The molecule has 1 aromatic carbocycles. The number of hydrogen-bond acceptors (Lipinski definition) is 7. The first-order valence-electron chi connectivity index (χ1n) is 8.43. The van der Waals surface area contributed by atoms with E-state index in [9.17, 15) is 22.8 Å². The first-order valence-corrected chi connectivity index (χ1v) is 10.3. The molecule has 0 aliphatic heterocycles. The van der Waals surface area contributed by atoms with Gasteiger partial charge in [-0.25, -0.2) is 18.0 Å². The highest BCUT2D eigenvalue weighted by molar-refractivity contribution is 7.90. The summed E-state index contributed by atoms with van der Waals surface area (Å²) in [4.78, 5) is 39.4. The van der Waals surface area contributed by atoms with Crippen LogP contribution in [0.15, 0.2) is 29.2 Å². The fourth-order valence-electron chi connectivity index (χ4n) is 2.82. The van der Waals surface area contributed by atoms with Crippen LogP contribution in [0.5, 0.6) is 0 Å². The molecule has 0 saturated heterocycles. The van der Waals surface area contributed by atoms with Crippen molar-refractivity contribution in [2.45, 2.75) is 25.7 Å². The SMILES string of the molecule is CCOC(=O)c1[nH]c(C)c(C(=O)COC(=O)c2ccccc2S(C)(=O)=O)c1C. The fraction of sp³-hybridized carbons (Fsp3) is 0.316. The van der Waals surface area contributed by atoms with E-state index >= 15 is 0 Å². The number of nitrogens with one attached hydrogen (secondary N) is 1. The van der Waals surface area contributed by atoms with Crippen LogP contribution in [0.2, 0.25) is 0 Å². The van der Waals surface area contributed by atoms with Crippen molar-refractivity contribution in [1.29, 1.82) is 0 Å². The lowest BCUT2D eigenvalue weighted by Crippen LogP contribution is -2.17. The van der Waals surface area contributed by atoms with Gasteiger partial charge in [-0.15, -0.1) is 0 Å². The van der Waals surface area contributed by atoms with E-state index in [2.05, 4.69) is 4.98 Å². The quantitative estimate of drug-likeness (QED) is 0.552. The van der Waals surface area contributed by atoms with E-state index in [0.29, 0.717) is 11.3 Å². The number of aromatic amines is 1. The summed E-state index contributed by atoms with van der Waals surface area (Å²) in [5, 5.41) is 0. The van der Waals surface area contributed by atoms with Crippen molar-refractivity contribution in [3.8, 4) is 0 Å². The number of aryl methyl sites for hydroxylation is 1. The Labute approximate surface area is 162 Å². The summed E-state index contributed by atoms with van der Waals surface area (Å²) in [5.74, 6) is -2.03. The zero-order valence-electron chi connectivity index (χ0n) is 16.0. The lowest BCUT2D eigenvalue weighted by atomic mass is 10.1. The second kappa shape index (κ2) is 8.39. The molecule has 0 bridgehead atoms. The number of ketones is 1. The molecule has 0 fully saturated rings. The number of Topliss-reactive ketones (excluding diaryl/α,β-unsaturated/α-hetero) is 1. The number of ether oxygens (including phenoxy) is 2. The molecular weight excluding hydrogens is 386 g/mol. The molecular formula is C19H21NO7S. The number of benzene rings is 1. The van der Waals surface area contributed by atoms with Crippen LogP contribution in [0, 0.1) is 13.8 Å². The Morgan fingerprint density at radius 1 is 1.04 bits per heavy atom. The van der Waals surface area contributed by atoms with Crippen molar-refractivity contribution in [1.82, 2.24) is 4.98 Å². The molecule has 1 N–H and O–H groups in total. The van der Waals surface area contributed by atoms with Crippen LogP contribution in [0.3, 0.4) is 0 Å². The Morgan fingerprint density at radius 2 is 1.68 bits per heavy atom. The number of rotatable bonds is 7. The lowest BCUT2D eigenvalue weighted by Gasteiger charge is -2.08. The molecule has 1 aromatic heterocycles. The summed E-state index contributed by atoms with van der Waals surface area (Å²) >= 11 is 0. The summed E-state index contributed by atoms with van der Waals surface area (Å²) in [6.45, 7) is 4.46. The van der Waals surface area contributed by atoms with E-state index in [4.69, 9.17) is 9.47 Å². The number of carbonyl (C=O) groups excluding carboxylic acids is 3. The van der Waals surface area contributed by atoms with Crippen LogP contribution in [-0.4, -0.2) is 50.6 Å². The van der Waals surface area contributed by atoms with E-state index in [-0.39, 0.29) is 28.3 Å². The standard InChI is InChI=1S/C19H21NO7S/c1-5-26-19(23)17-11(2)16(12(3)20-17)14(21)10-27-18(22)13-8-6-7-9-15(13)28(4,24)25/h6-9,20H,5,10H2,1-4H3. The average Bonchev–Trinajstić information content (AvgIpc) is 2.93. The molecule has 0 atom stereocenters. The molecule has 0 unspecified atom stereocenters. The molecule has 0 radical (unpaired) electrons. The predicted molar refractivity (Wildman–Crippen MR) is 100 cm³/mol. The third-order valence-corrected chi connectivity index (χ3v) is 5.19. The Morgan fingerprint density at radius 3 is 2.29 bits per heavy atom. The Balaban J connectivity index is 2.20. The van der Waals surface area contributed by atoms with Crippen molar-refractivity contribution in [2.24, 2.45) is 0 Å². The van der Waals surface area contributed by atoms with Gasteiger partial charge < -0.3 is 14.5 Å². The molecule has 150 valence electrons. The van der Waals surface area contributed by atoms with E-state index in [1.165, 1.54) is 24.3 Å². The van der Waals surface area contributed by atoms with E-state index < -0.39 is 34.2 Å². The number of aromatic nitrogens is 1. The first-order chi connectivity index (χ1) is 13.1. The molecule has 2 aromatic rings. The molecule has 0 saturated carbocycles. The maximum Gasteiger partial charge on any atom is 0.355 e. The molecule has 1 heterocycles. The van der Waals surface area contributed by atoms with Gasteiger partial charge in [0.2, 0.25) is 5.78 Å². The van der Waals surface area contributed by atoms with Crippen molar-refractivity contribution in [3.05, 3.63) is 52.3 Å². The molecule has 8 nitrogen and oxygen atoms in total. The minimum atomic E-state index is -3.64. The second-order valence-electron chi connectivity index (χ2n) is 6.11.